The molecule has 0 saturated carbocycles. The standard InChI is InChI=1S/C37H43Cl2N7O3.C33H34Cl2N6O3.C32H32Cl2N6O3/c1-8-29(48)44-20-24-19-43(16-10-15-42(6)7)35-34(45(24)18-23(44)5)25-17-27(39)32(30-26(38)11-9-12-28(30)47)41-36(25)46(37(35)49)33-22(4)13-14-40-31(33)21(2)3;1-7-25(43)39-16-20-15-38(6)31-30(40(20)14-19(39)5)21-13-23(35)28(26-22(34)9-8-10-24(26)42)37-32(21)41(33(31)44)29-18(4)11-12-36-27(29)17(2)3;1-6-24(42)38-15-19-13-36-28-30(39(19)14-18(38)5)20-12-22(34)27(25-21(33)8-7-9-23(25)41)37-31(20)40(32(28)43)29-17(4)10-11-35-26(29)16(2)3/h8-9,11-14,17,21,23-24,47H,1,10,15-16,18-20H2,2-7H3;7-13,17,19-20,42H,1,14-16H2,2-6H3;6-12,16,18-19,36,41H,1,13-15H2,2-5H3. The molecule has 136 heavy (non-hydrogen) atoms. The Bertz CT molecular complexity index is 7040. The van der Waals surface area contributed by atoms with E-state index in [2.05, 4.69) is 73.4 Å². The summed E-state index contributed by atoms with van der Waals surface area (Å²) in [7, 11) is 5.97. The van der Waals surface area contributed by atoms with Crippen molar-refractivity contribution in [2.75, 3.05) is 123 Å². The molecular weight excluding hydrogens is 1850 g/mol. The topological polar surface area (TPSA) is 296 Å². The average molecular weight is 1960 g/mol. The first-order valence-electron chi connectivity index (χ1n) is 45.4. The van der Waals surface area contributed by atoms with Gasteiger partial charge in [-0.2, -0.15) is 0 Å². The maximum Gasteiger partial charge on any atom is 0.282 e. The van der Waals surface area contributed by atoms with Crippen molar-refractivity contribution in [3.05, 3.63) is 243 Å². The molecular formula is C102H109Cl6N19O9. The van der Waals surface area contributed by atoms with Crippen LogP contribution < -0.4 is 46.5 Å². The number of carbonyl (C=O) groups excluding carboxylic acids is 3. The second-order valence-corrected chi connectivity index (χ2v) is 39.4. The number of anilines is 6. The Morgan fingerprint density at radius 3 is 1.15 bits per heavy atom. The van der Waals surface area contributed by atoms with Gasteiger partial charge in [-0.05, 0) is 194 Å². The average Bonchev–Trinajstić information content (AvgIpc) is 0.716. The Morgan fingerprint density at radius 2 is 0.787 bits per heavy atom. The number of likely N-dealkylation sites (N-methyl/N-ethyl adjacent to an activating group) is 1. The zero-order valence-electron chi connectivity index (χ0n) is 78.5. The van der Waals surface area contributed by atoms with E-state index in [0.29, 0.717) is 138 Å². The normalized spacial score (nSPS) is 17.8. The third kappa shape index (κ3) is 17.2. The number of rotatable bonds is 16. The van der Waals surface area contributed by atoms with Crippen LogP contribution in [-0.2, 0) is 14.4 Å². The van der Waals surface area contributed by atoms with Gasteiger partial charge in [0.15, 0.2) is 16.9 Å². The van der Waals surface area contributed by atoms with Crippen molar-refractivity contribution in [2.24, 2.45) is 0 Å². The summed E-state index contributed by atoms with van der Waals surface area (Å²) in [5.41, 5.74) is 12.5. The first-order chi connectivity index (χ1) is 64.8. The van der Waals surface area contributed by atoms with Crippen molar-refractivity contribution in [1.82, 2.24) is 63.2 Å². The molecule has 6 unspecified atom stereocenters. The lowest BCUT2D eigenvalue weighted by Gasteiger charge is -2.52. The molecule has 12 aromatic rings. The van der Waals surface area contributed by atoms with Crippen molar-refractivity contribution >= 4 is 155 Å². The maximum absolute atomic E-state index is 15.3. The summed E-state index contributed by atoms with van der Waals surface area (Å²) in [4.78, 5) is 131. The van der Waals surface area contributed by atoms with Gasteiger partial charge in [-0.1, -0.05) is 149 Å². The van der Waals surface area contributed by atoms with Crippen molar-refractivity contribution < 1.29 is 29.7 Å². The van der Waals surface area contributed by atoms with Gasteiger partial charge in [-0.25, -0.2) is 15.0 Å². The first-order valence-corrected chi connectivity index (χ1v) is 47.7. The summed E-state index contributed by atoms with van der Waals surface area (Å²) in [6.07, 6.45) is 10.1. The number of aryl methyl sites for hydroxylation is 3. The lowest BCUT2D eigenvalue weighted by Crippen LogP contribution is -2.64. The Kier molecular flexibility index (Phi) is 27.6. The number of aromatic nitrogens is 9. The highest BCUT2D eigenvalue weighted by molar-refractivity contribution is 6.39. The lowest BCUT2D eigenvalue weighted by molar-refractivity contribution is -0.129. The van der Waals surface area contributed by atoms with Crippen LogP contribution in [-0.4, -0.2) is 226 Å². The number of pyridine rings is 9. The van der Waals surface area contributed by atoms with E-state index in [9.17, 15) is 39.3 Å². The van der Waals surface area contributed by atoms with Gasteiger partial charge in [-0.15, -0.1) is 0 Å². The minimum absolute atomic E-state index is 0.00386. The van der Waals surface area contributed by atoms with Crippen LogP contribution in [0.2, 0.25) is 30.1 Å². The molecule has 18 rings (SSSR count). The van der Waals surface area contributed by atoms with E-state index >= 15 is 4.79 Å². The monoisotopic (exact) mass is 1950 g/mol. The zero-order chi connectivity index (χ0) is 97.7. The fraction of sp³-hybridized carbons (Fsp3) is 0.353. The Balaban J connectivity index is 0.000000148. The van der Waals surface area contributed by atoms with Gasteiger partial charge in [0, 0.05) is 125 Å². The minimum atomic E-state index is -0.277. The van der Waals surface area contributed by atoms with Crippen LogP contribution in [0.25, 0.3) is 83.9 Å². The number of halogens is 6. The summed E-state index contributed by atoms with van der Waals surface area (Å²) in [5, 5.41) is 39.6. The number of hydrogen-bond donors (Lipinski definition) is 4. The second-order valence-electron chi connectivity index (χ2n) is 37.0. The number of benzene rings is 3. The van der Waals surface area contributed by atoms with Gasteiger partial charge in [0.2, 0.25) is 17.7 Å². The number of nitrogens with zero attached hydrogens (tertiary/aromatic N) is 18. The smallest absolute Gasteiger partial charge is 0.282 e. The summed E-state index contributed by atoms with van der Waals surface area (Å²) in [5.74, 6) is -0.543. The number of amides is 3. The first kappa shape index (κ1) is 96.8. The van der Waals surface area contributed by atoms with Crippen molar-refractivity contribution in [3.63, 3.8) is 0 Å². The maximum atomic E-state index is 15.3. The molecule has 0 radical (unpaired) electrons. The molecule has 6 aliphatic rings. The van der Waals surface area contributed by atoms with Crippen LogP contribution >= 0.6 is 69.6 Å². The predicted molar refractivity (Wildman–Crippen MR) is 548 cm³/mol. The predicted octanol–water partition coefficient (Wildman–Crippen LogP) is 18.1. The van der Waals surface area contributed by atoms with E-state index in [0.717, 1.165) is 58.1 Å². The molecule has 6 aliphatic heterocycles. The summed E-state index contributed by atoms with van der Waals surface area (Å²) in [6, 6.07) is 24.9. The highest BCUT2D eigenvalue weighted by atomic mass is 35.5. The molecule has 28 nitrogen and oxygen atoms in total. The fourth-order valence-corrected chi connectivity index (χ4v) is 21.7. The third-order valence-electron chi connectivity index (χ3n) is 26.6. The molecule has 34 heteroatoms. The number of fused-ring (bicyclic) bond motifs is 15. The van der Waals surface area contributed by atoms with Crippen LogP contribution in [0.4, 0.5) is 34.1 Å². The van der Waals surface area contributed by atoms with Crippen LogP contribution in [0.5, 0.6) is 17.2 Å². The molecule has 6 atom stereocenters. The quantitative estimate of drug-likeness (QED) is 0.0653. The van der Waals surface area contributed by atoms with Gasteiger partial charge in [0.1, 0.15) is 34.3 Å². The molecule has 4 N–H and O–H groups in total. The van der Waals surface area contributed by atoms with Crippen LogP contribution in [0.15, 0.2) is 162 Å². The van der Waals surface area contributed by atoms with E-state index in [1.54, 1.807) is 80.8 Å². The van der Waals surface area contributed by atoms with Gasteiger partial charge in [0.25, 0.3) is 16.7 Å². The molecule has 3 aromatic carbocycles. The van der Waals surface area contributed by atoms with E-state index in [1.165, 1.54) is 36.4 Å². The number of phenols is 3. The Morgan fingerprint density at radius 1 is 0.449 bits per heavy atom. The van der Waals surface area contributed by atoms with E-state index in [1.807, 2.05) is 134 Å². The lowest BCUT2D eigenvalue weighted by atomic mass is 9.98. The highest BCUT2D eigenvalue weighted by Gasteiger charge is 2.47. The van der Waals surface area contributed by atoms with Crippen LogP contribution in [0.1, 0.15) is 120 Å². The number of carbonyl (C=O) groups is 3. The highest BCUT2D eigenvalue weighted by Crippen LogP contribution is 2.51. The van der Waals surface area contributed by atoms with Crippen LogP contribution in [0.3, 0.4) is 0 Å². The summed E-state index contributed by atoms with van der Waals surface area (Å²) < 4.78 is 4.92. The molecule has 0 bridgehead atoms. The minimum Gasteiger partial charge on any atom is -0.507 e. The van der Waals surface area contributed by atoms with Gasteiger partial charge in [0.05, 0.1) is 133 Å². The summed E-state index contributed by atoms with van der Waals surface area (Å²) >= 11 is 40.7. The number of piperazine rings is 3. The molecule has 9 aromatic heterocycles. The van der Waals surface area contributed by atoms with Crippen molar-refractivity contribution in [1.29, 1.82) is 0 Å². The second kappa shape index (κ2) is 38.7. The van der Waals surface area contributed by atoms with Gasteiger partial charge in [-0.3, -0.25) is 57.4 Å². The molecule has 0 spiro atoms. The third-order valence-corrected chi connectivity index (χ3v) is 28.4. The van der Waals surface area contributed by atoms with Gasteiger partial charge >= 0.3 is 0 Å². The van der Waals surface area contributed by atoms with Gasteiger partial charge < -0.3 is 64.7 Å². The largest absolute Gasteiger partial charge is 0.507 e. The number of hydrogen-bond acceptors (Lipinski definition) is 22. The van der Waals surface area contributed by atoms with E-state index < -0.39 is 0 Å². The number of phenolic OH excluding ortho intramolecular Hbond substituents is 3. The van der Waals surface area contributed by atoms with Crippen molar-refractivity contribution in [2.45, 2.75) is 144 Å². The summed E-state index contributed by atoms with van der Waals surface area (Å²) in [6.45, 7) is 41.2. The number of aromatic hydroxyl groups is 3. The van der Waals surface area contributed by atoms with E-state index in [-0.39, 0.29) is 170 Å². The zero-order valence-corrected chi connectivity index (χ0v) is 83.1. The molecule has 15 heterocycles. The van der Waals surface area contributed by atoms with Crippen LogP contribution in [0, 0.1) is 20.8 Å². The Hall–Kier alpha value is -12.3. The van der Waals surface area contributed by atoms with E-state index in [4.69, 9.17) is 89.5 Å². The molecule has 3 amide bonds. The SMILES string of the molecule is C=CC(=O)N1CC2CN(C)c3c(c4cc(Cl)c(-c5c(O)cccc5Cl)nc4n(-c4c(C)ccnc4C(C)C)c3=O)N2CC1C.C=CC(=O)N1CC2CN(CCCN(C)C)c3c(c4cc(Cl)c(-c5c(O)cccc5Cl)nc4n(-c4c(C)ccnc4C(C)C)c3=O)N2CC1C.C=CC(=O)N1CC2CNc3c(c4cc(Cl)c(-c5c(O)cccc5Cl)nc4n(-c4c(C)ccnc4C(C)C)c3=O)N2CC1C. The molecule has 3 fully saturated rings. The Labute approximate surface area is 818 Å². The van der Waals surface area contributed by atoms with Crippen molar-refractivity contribution in [3.8, 4) is 68.1 Å². The molecule has 0 aliphatic carbocycles. The molecule has 708 valence electrons. The molecule has 3 saturated heterocycles. The fourth-order valence-electron chi connectivity index (χ4n) is 20.1. The number of nitrogens with one attached hydrogen (secondary N) is 1.